The zero-order valence-corrected chi connectivity index (χ0v) is 15.4. The number of allylic oxidation sites excluding steroid dienone is 1. The summed E-state index contributed by atoms with van der Waals surface area (Å²) in [6.45, 7) is 13.1. The van der Waals surface area contributed by atoms with E-state index in [1.807, 2.05) is 6.92 Å². The number of aliphatic hydroxyl groups excluding tert-OH is 2. The van der Waals surface area contributed by atoms with Crippen molar-refractivity contribution < 1.29 is 29.3 Å². The van der Waals surface area contributed by atoms with Crippen LogP contribution in [0.3, 0.4) is 0 Å². The highest BCUT2D eigenvalue weighted by atomic mass is 16.6. The molecule has 0 amide bonds. The molecule has 2 saturated carbocycles. The van der Waals surface area contributed by atoms with Gasteiger partial charge in [0.2, 0.25) is 0 Å². The van der Waals surface area contributed by atoms with E-state index in [0.717, 1.165) is 0 Å². The number of esters is 2. The van der Waals surface area contributed by atoms with Crippen molar-refractivity contribution in [2.45, 2.75) is 58.0 Å². The fourth-order valence-corrected chi connectivity index (χ4v) is 4.66. The van der Waals surface area contributed by atoms with Gasteiger partial charge >= 0.3 is 11.9 Å². The van der Waals surface area contributed by atoms with Gasteiger partial charge in [0.25, 0.3) is 0 Å². The van der Waals surface area contributed by atoms with Gasteiger partial charge in [-0.25, -0.2) is 9.59 Å². The van der Waals surface area contributed by atoms with Crippen molar-refractivity contribution in [3.63, 3.8) is 0 Å². The minimum Gasteiger partial charge on any atom is -0.458 e. The molecule has 7 atom stereocenters. The summed E-state index contributed by atoms with van der Waals surface area (Å²) in [5.41, 5.74) is 0.547. The van der Waals surface area contributed by atoms with Crippen LogP contribution in [0.25, 0.3) is 0 Å². The third-order valence-corrected chi connectivity index (χ3v) is 6.39. The summed E-state index contributed by atoms with van der Waals surface area (Å²) < 4.78 is 11.2. The maximum Gasteiger partial charge on any atom is 0.334 e. The van der Waals surface area contributed by atoms with E-state index in [2.05, 4.69) is 13.2 Å². The Morgan fingerprint density at radius 3 is 2.65 bits per heavy atom. The van der Waals surface area contributed by atoms with E-state index in [9.17, 15) is 19.8 Å². The first-order valence-corrected chi connectivity index (χ1v) is 8.90. The van der Waals surface area contributed by atoms with Crippen LogP contribution in [-0.4, -0.2) is 46.6 Å². The molecule has 0 unspecified atom stereocenters. The van der Waals surface area contributed by atoms with E-state index in [-0.39, 0.29) is 12.0 Å². The first-order valence-electron chi connectivity index (χ1n) is 8.90. The molecular weight excluding hydrogens is 336 g/mol. The lowest BCUT2D eigenvalue weighted by atomic mass is 9.53. The second-order valence-corrected chi connectivity index (χ2v) is 7.87. The highest BCUT2D eigenvalue weighted by molar-refractivity contribution is 5.92. The SMILES string of the molecule is C=C1C(=O)O[C@H]2[C@H]1[C@H](OC(=O)/C(C)=C/C)C[C@@]1(C)[C@H](O)C[C@@H](O)C(=C)[C@H]21. The molecule has 0 aromatic heterocycles. The first kappa shape index (κ1) is 18.9. The quantitative estimate of drug-likeness (QED) is 0.441. The summed E-state index contributed by atoms with van der Waals surface area (Å²) in [5, 5.41) is 20.9. The first-order chi connectivity index (χ1) is 12.1. The fourth-order valence-electron chi connectivity index (χ4n) is 4.66. The monoisotopic (exact) mass is 362 g/mol. The van der Waals surface area contributed by atoms with Gasteiger partial charge in [0.15, 0.2) is 0 Å². The highest BCUT2D eigenvalue weighted by Crippen LogP contribution is 2.57. The molecule has 0 aromatic carbocycles. The van der Waals surface area contributed by atoms with Crippen molar-refractivity contribution in [3.05, 3.63) is 36.0 Å². The summed E-state index contributed by atoms with van der Waals surface area (Å²) in [5.74, 6) is -1.93. The van der Waals surface area contributed by atoms with Gasteiger partial charge in [-0.1, -0.05) is 26.2 Å². The lowest BCUT2D eigenvalue weighted by Crippen LogP contribution is -2.60. The average molecular weight is 362 g/mol. The number of rotatable bonds is 2. The van der Waals surface area contributed by atoms with E-state index >= 15 is 0 Å². The Labute approximate surface area is 153 Å². The number of aliphatic hydroxyl groups is 2. The van der Waals surface area contributed by atoms with Crippen molar-refractivity contribution >= 4 is 11.9 Å². The van der Waals surface area contributed by atoms with Crippen molar-refractivity contribution in [2.75, 3.05) is 0 Å². The van der Waals surface area contributed by atoms with Gasteiger partial charge in [-0.3, -0.25) is 0 Å². The normalized spacial score (nSPS) is 42.8. The predicted octanol–water partition coefficient (Wildman–Crippen LogP) is 1.67. The molecule has 0 radical (unpaired) electrons. The zero-order chi connectivity index (χ0) is 19.4. The van der Waals surface area contributed by atoms with Crippen molar-refractivity contribution in [1.29, 1.82) is 0 Å². The molecule has 1 aliphatic heterocycles. The van der Waals surface area contributed by atoms with Crippen LogP contribution in [0.5, 0.6) is 0 Å². The van der Waals surface area contributed by atoms with Crippen LogP contribution in [0.2, 0.25) is 0 Å². The van der Waals surface area contributed by atoms with Crippen molar-refractivity contribution in [3.8, 4) is 0 Å². The lowest BCUT2D eigenvalue weighted by molar-refractivity contribution is -0.181. The molecular formula is C20H26O6. The van der Waals surface area contributed by atoms with Gasteiger partial charge < -0.3 is 19.7 Å². The fraction of sp³-hybridized carbons (Fsp3) is 0.600. The topological polar surface area (TPSA) is 93.1 Å². The van der Waals surface area contributed by atoms with Gasteiger partial charge in [-0.15, -0.1) is 0 Å². The Morgan fingerprint density at radius 2 is 2.04 bits per heavy atom. The molecule has 1 heterocycles. The number of carbonyl (C=O) groups is 2. The minimum atomic E-state index is -0.860. The standard InChI is InChI=1S/C20H26O6/c1-6-9(2)18(23)25-13-8-20(5)14(22)7-12(21)10(3)16(20)17-15(13)11(4)19(24)26-17/h6,12-17,21-22H,3-4,7-8H2,1-2,5H3/b9-6+/t12-,13-,14-,15-,16-,17+,20+/m1/s1. The molecule has 0 aromatic rings. The molecule has 3 rings (SSSR count). The molecule has 142 valence electrons. The van der Waals surface area contributed by atoms with Crippen molar-refractivity contribution in [2.24, 2.45) is 17.3 Å². The second-order valence-electron chi connectivity index (χ2n) is 7.87. The predicted molar refractivity (Wildman–Crippen MR) is 93.8 cm³/mol. The third kappa shape index (κ3) is 2.63. The van der Waals surface area contributed by atoms with Gasteiger partial charge in [0.05, 0.1) is 18.1 Å². The molecule has 1 saturated heterocycles. The van der Waals surface area contributed by atoms with Gasteiger partial charge in [-0.05, 0) is 25.8 Å². The van der Waals surface area contributed by atoms with Crippen LogP contribution in [-0.2, 0) is 19.1 Å². The van der Waals surface area contributed by atoms with Crippen molar-refractivity contribution in [1.82, 2.24) is 0 Å². The number of hydrogen-bond donors (Lipinski definition) is 2. The molecule has 3 fully saturated rings. The summed E-state index contributed by atoms with van der Waals surface area (Å²) in [4.78, 5) is 24.5. The van der Waals surface area contributed by atoms with Crippen LogP contribution in [0.1, 0.15) is 33.6 Å². The Kier molecular flexibility index (Phi) is 4.61. The molecule has 2 N–H and O–H groups in total. The second kappa shape index (κ2) is 6.35. The molecule has 0 bridgehead atoms. The van der Waals surface area contributed by atoms with Crippen LogP contribution < -0.4 is 0 Å². The van der Waals surface area contributed by atoms with Gasteiger partial charge in [0, 0.05) is 28.9 Å². The Bertz CT molecular complexity index is 707. The smallest absolute Gasteiger partial charge is 0.334 e. The summed E-state index contributed by atoms with van der Waals surface area (Å²) in [6, 6.07) is 0. The molecule has 6 heteroatoms. The van der Waals surface area contributed by atoms with Gasteiger partial charge in [0.1, 0.15) is 12.2 Å². The van der Waals surface area contributed by atoms with Gasteiger partial charge in [-0.2, -0.15) is 0 Å². The van der Waals surface area contributed by atoms with Crippen LogP contribution >= 0.6 is 0 Å². The van der Waals surface area contributed by atoms with E-state index < -0.39 is 53.6 Å². The summed E-state index contributed by atoms with van der Waals surface area (Å²) in [6.07, 6.45) is -0.830. The largest absolute Gasteiger partial charge is 0.458 e. The number of hydrogen-bond acceptors (Lipinski definition) is 6. The van der Waals surface area contributed by atoms with Crippen LogP contribution in [0, 0.1) is 17.3 Å². The van der Waals surface area contributed by atoms with E-state index in [1.54, 1.807) is 19.9 Å². The van der Waals surface area contributed by atoms with Crippen LogP contribution in [0.15, 0.2) is 36.0 Å². The number of fused-ring (bicyclic) bond motifs is 3. The maximum absolute atomic E-state index is 12.3. The summed E-state index contributed by atoms with van der Waals surface area (Å²) in [7, 11) is 0. The van der Waals surface area contributed by atoms with E-state index in [4.69, 9.17) is 9.47 Å². The number of carbonyl (C=O) groups excluding carboxylic acids is 2. The minimum absolute atomic E-state index is 0.159. The molecule has 3 aliphatic rings. The molecule has 2 aliphatic carbocycles. The average Bonchev–Trinajstić information content (AvgIpc) is 2.87. The van der Waals surface area contributed by atoms with E-state index in [0.29, 0.717) is 17.6 Å². The van der Waals surface area contributed by atoms with Crippen LogP contribution in [0.4, 0.5) is 0 Å². The Morgan fingerprint density at radius 1 is 1.38 bits per heavy atom. The molecule has 6 nitrogen and oxygen atoms in total. The number of ether oxygens (including phenoxy) is 2. The summed E-state index contributed by atoms with van der Waals surface area (Å²) >= 11 is 0. The molecule has 0 spiro atoms. The zero-order valence-electron chi connectivity index (χ0n) is 15.4. The Balaban J connectivity index is 2.01. The maximum atomic E-state index is 12.3. The lowest BCUT2D eigenvalue weighted by Gasteiger charge is -2.55. The molecule has 26 heavy (non-hydrogen) atoms. The highest BCUT2D eigenvalue weighted by Gasteiger charge is 2.63. The Hall–Kier alpha value is -1.92. The van der Waals surface area contributed by atoms with E-state index in [1.165, 1.54) is 0 Å². The third-order valence-electron chi connectivity index (χ3n) is 6.39.